The van der Waals surface area contributed by atoms with E-state index in [0.29, 0.717) is 6.42 Å². The highest BCUT2D eigenvalue weighted by molar-refractivity contribution is 5.87. The first-order chi connectivity index (χ1) is 8.10. The van der Waals surface area contributed by atoms with Crippen LogP contribution in [0.25, 0.3) is 0 Å². The second-order valence-corrected chi connectivity index (χ2v) is 5.59. The van der Waals surface area contributed by atoms with E-state index in [9.17, 15) is 18.4 Å². The minimum Gasteiger partial charge on any atom is -0.481 e. The predicted octanol–water partition coefficient (Wildman–Crippen LogP) is 1.89. The molecule has 0 aliphatic heterocycles. The van der Waals surface area contributed by atoms with Crippen molar-refractivity contribution in [2.75, 3.05) is 6.54 Å². The Hall–Kier alpha value is -1.20. The van der Waals surface area contributed by atoms with E-state index in [1.807, 2.05) is 13.8 Å². The number of halogens is 2. The monoisotopic (exact) mass is 263 g/mol. The van der Waals surface area contributed by atoms with Gasteiger partial charge in [-0.3, -0.25) is 9.59 Å². The predicted molar refractivity (Wildman–Crippen MR) is 61.3 cm³/mol. The molecule has 6 heteroatoms. The summed E-state index contributed by atoms with van der Waals surface area (Å²) in [6.45, 7) is 4.83. The number of alkyl halides is 2. The van der Waals surface area contributed by atoms with E-state index in [4.69, 9.17) is 5.11 Å². The lowest BCUT2D eigenvalue weighted by Gasteiger charge is -2.17. The summed E-state index contributed by atoms with van der Waals surface area (Å²) in [5.41, 5.74) is -1.66. The molecule has 4 nitrogen and oxygen atoms in total. The lowest BCUT2D eigenvalue weighted by molar-refractivity contribution is -0.142. The summed E-state index contributed by atoms with van der Waals surface area (Å²) in [5, 5.41) is 11.3. The van der Waals surface area contributed by atoms with Crippen molar-refractivity contribution in [3.8, 4) is 0 Å². The lowest BCUT2D eigenvalue weighted by Crippen LogP contribution is -2.39. The van der Waals surface area contributed by atoms with Gasteiger partial charge in [-0.15, -0.1) is 0 Å². The Morgan fingerprint density at radius 3 is 2.22 bits per heavy atom. The molecule has 0 heterocycles. The van der Waals surface area contributed by atoms with Crippen molar-refractivity contribution in [3.05, 3.63) is 0 Å². The second-order valence-electron chi connectivity index (χ2n) is 5.59. The molecule has 1 rings (SSSR count). The van der Waals surface area contributed by atoms with E-state index >= 15 is 0 Å². The van der Waals surface area contributed by atoms with E-state index in [2.05, 4.69) is 5.32 Å². The molecular weight excluding hydrogens is 244 g/mol. The van der Waals surface area contributed by atoms with Crippen molar-refractivity contribution >= 4 is 11.9 Å². The number of carboxylic acids is 1. The van der Waals surface area contributed by atoms with Crippen LogP contribution in [0, 0.1) is 17.3 Å². The number of carboxylic acid groups (broad SMARTS) is 1. The molecule has 0 aromatic heterocycles. The number of rotatable bonds is 6. The first-order valence-electron chi connectivity index (χ1n) is 5.99. The Balaban J connectivity index is 2.49. The highest BCUT2D eigenvalue weighted by atomic mass is 19.3. The molecule has 0 saturated heterocycles. The van der Waals surface area contributed by atoms with Crippen LogP contribution in [0.15, 0.2) is 0 Å². The Morgan fingerprint density at radius 1 is 1.39 bits per heavy atom. The van der Waals surface area contributed by atoms with E-state index in [-0.39, 0.29) is 12.5 Å². The molecule has 2 atom stereocenters. The third-order valence-corrected chi connectivity index (χ3v) is 3.37. The Bertz CT molecular complexity index is 357. The van der Waals surface area contributed by atoms with Crippen LogP contribution in [0.1, 0.15) is 33.6 Å². The van der Waals surface area contributed by atoms with Crippen molar-refractivity contribution in [2.45, 2.75) is 39.5 Å². The first-order valence-corrected chi connectivity index (χ1v) is 5.99. The van der Waals surface area contributed by atoms with E-state index in [1.165, 1.54) is 6.92 Å². The summed E-state index contributed by atoms with van der Waals surface area (Å²) in [6.07, 6.45) is -0.0591. The van der Waals surface area contributed by atoms with Gasteiger partial charge in [-0.2, -0.15) is 0 Å². The molecular formula is C12H19F2NO3. The summed E-state index contributed by atoms with van der Waals surface area (Å²) in [5.74, 6) is -5.31. The fraction of sp³-hybridized carbons (Fsp3) is 0.833. The summed E-state index contributed by atoms with van der Waals surface area (Å²) in [6, 6.07) is 0. The fourth-order valence-electron chi connectivity index (χ4n) is 1.90. The summed E-state index contributed by atoms with van der Waals surface area (Å²) in [4.78, 5) is 22.5. The van der Waals surface area contributed by atoms with Crippen LogP contribution in [0.2, 0.25) is 0 Å². The number of hydrogen-bond acceptors (Lipinski definition) is 2. The molecule has 0 aromatic carbocycles. The van der Waals surface area contributed by atoms with Crippen LogP contribution in [-0.4, -0.2) is 29.5 Å². The van der Waals surface area contributed by atoms with Crippen LogP contribution < -0.4 is 5.32 Å². The quantitative estimate of drug-likeness (QED) is 0.769. The zero-order valence-corrected chi connectivity index (χ0v) is 10.8. The number of nitrogens with one attached hydrogen (secondary N) is 1. The van der Waals surface area contributed by atoms with Gasteiger partial charge in [0.2, 0.25) is 5.91 Å². The van der Waals surface area contributed by atoms with Gasteiger partial charge in [-0.05, 0) is 19.3 Å². The van der Waals surface area contributed by atoms with Crippen LogP contribution in [0.5, 0.6) is 0 Å². The largest absolute Gasteiger partial charge is 0.481 e. The molecule has 104 valence electrons. The molecule has 18 heavy (non-hydrogen) atoms. The normalized spacial score (nSPS) is 26.8. The summed E-state index contributed by atoms with van der Waals surface area (Å²) in [7, 11) is 0. The molecule has 1 aliphatic carbocycles. The fourth-order valence-corrected chi connectivity index (χ4v) is 1.90. The standard InChI is InChI=1S/C12H19F2NO3/c1-7(2)4-8(9(16)17)5-15-10(18)11(3)6-12(11,13)14/h7-8H,4-6H2,1-3H3,(H,15,18)(H,16,17)/t8-,11+/m0/s1. The van der Waals surface area contributed by atoms with Crippen LogP contribution in [0.4, 0.5) is 8.78 Å². The molecule has 2 N–H and O–H groups in total. The van der Waals surface area contributed by atoms with Crippen LogP contribution >= 0.6 is 0 Å². The lowest BCUT2D eigenvalue weighted by atomic mass is 9.97. The third-order valence-electron chi connectivity index (χ3n) is 3.37. The van der Waals surface area contributed by atoms with Crippen molar-refractivity contribution in [1.29, 1.82) is 0 Å². The molecule has 1 aliphatic rings. The maximum atomic E-state index is 12.9. The number of hydrogen-bond donors (Lipinski definition) is 2. The first kappa shape index (κ1) is 14.9. The zero-order valence-electron chi connectivity index (χ0n) is 10.8. The van der Waals surface area contributed by atoms with Gasteiger partial charge in [-0.25, -0.2) is 8.78 Å². The zero-order chi connectivity index (χ0) is 14.1. The Kier molecular flexibility index (Phi) is 3.98. The smallest absolute Gasteiger partial charge is 0.308 e. The minimum atomic E-state index is -2.96. The van der Waals surface area contributed by atoms with Gasteiger partial charge in [0.1, 0.15) is 5.41 Å². The maximum Gasteiger partial charge on any atom is 0.308 e. The van der Waals surface area contributed by atoms with Gasteiger partial charge >= 0.3 is 5.97 Å². The highest BCUT2D eigenvalue weighted by Crippen LogP contribution is 2.60. The summed E-state index contributed by atoms with van der Waals surface area (Å²) >= 11 is 0. The van der Waals surface area contributed by atoms with Crippen molar-refractivity contribution in [1.82, 2.24) is 5.32 Å². The van der Waals surface area contributed by atoms with Crippen molar-refractivity contribution < 1.29 is 23.5 Å². The molecule has 0 unspecified atom stereocenters. The van der Waals surface area contributed by atoms with Gasteiger partial charge in [0.15, 0.2) is 0 Å². The van der Waals surface area contributed by atoms with E-state index in [0.717, 1.165) is 0 Å². The summed E-state index contributed by atoms with van der Waals surface area (Å²) < 4.78 is 25.9. The highest BCUT2D eigenvalue weighted by Gasteiger charge is 2.72. The average molecular weight is 263 g/mol. The Morgan fingerprint density at radius 2 is 1.89 bits per heavy atom. The molecule has 1 fully saturated rings. The third kappa shape index (κ3) is 2.97. The maximum absolute atomic E-state index is 12.9. The van der Waals surface area contributed by atoms with Crippen molar-refractivity contribution in [2.24, 2.45) is 17.3 Å². The van der Waals surface area contributed by atoms with Crippen molar-refractivity contribution in [3.63, 3.8) is 0 Å². The number of carbonyl (C=O) groups excluding carboxylic acids is 1. The van der Waals surface area contributed by atoms with Gasteiger partial charge < -0.3 is 10.4 Å². The molecule has 0 aromatic rings. The molecule has 0 spiro atoms. The minimum absolute atomic E-state index is 0.0992. The molecule has 0 radical (unpaired) electrons. The molecule has 1 amide bonds. The van der Waals surface area contributed by atoms with Crippen LogP contribution in [0.3, 0.4) is 0 Å². The molecule has 0 bridgehead atoms. The second kappa shape index (κ2) is 4.82. The van der Waals surface area contributed by atoms with Gasteiger partial charge in [-0.1, -0.05) is 13.8 Å². The average Bonchev–Trinajstić information content (AvgIpc) is 2.73. The van der Waals surface area contributed by atoms with E-state index < -0.39 is 35.6 Å². The van der Waals surface area contributed by atoms with Gasteiger partial charge in [0, 0.05) is 13.0 Å². The van der Waals surface area contributed by atoms with E-state index in [1.54, 1.807) is 0 Å². The Labute approximate surface area is 105 Å². The molecule has 1 saturated carbocycles. The SMILES string of the molecule is CC(C)C[C@@H](CNC(=O)[C@@]1(C)CC1(F)F)C(=O)O. The van der Waals surface area contributed by atoms with Gasteiger partial charge in [0.05, 0.1) is 5.92 Å². The number of amides is 1. The van der Waals surface area contributed by atoms with Crippen LogP contribution in [-0.2, 0) is 9.59 Å². The number of aliphatic carboxylic acids is 1. The number of carbonyl (C=O) groups is 2. The van der Waals surface area contributed by atoms with Gasteiger partial charge in [0.25, 0.3) is 5.92 Å². The topological polar surface area (TPSA) is 66.4 Å².